The summed E-state index contributed by atoms with van der Waals surface area (Å²) in [6.07, 6.45) is 19.1. The third-order valence-corrected chi connectivity index (χ3v) is 9.60. The van der Waals surface area contributed by atoms with E-state index in [0.29, 0.717) is 6.61 Å². The Morgan fingerprint density at radius 3 is 2.54 bits per heavy atom. The van der Waals surface area contributed by atoms with Gasteiger partial charge in [-0.05, 0) is 45.4 Å². The number of ether oxygens (including phenoxy) is 2. The standard InChI is InChI=1S/C31H51N6O8P/c1-3-4-5-6-7-8-9-10-11-12-13-14-15-16-17-18-41-19-23-20-42-46(40,45-23)43-21-24-26(38)31(2,39)29(44-24)37-22-34-25-27(32)35-30(33)36-28(25)37/h7-8,10-11,22-24,26,29,38-39H,3-6,9,12-21H2,1-2H3,(H4,32,33,35,36)/b8-7-,11-10-/t23-,24-,26+,29-,31+,46?/m1/s1. The summed E-state index contributed by atoms with van der Waals surface area (Å²) in [4.78, 5) is 12.2. The molecular weight excluding hydrogens is 615 g/mol. The summed E-state index contributed by atoms with van der Waals surface area (Å²) < 4.78 is 42.3. The molecule has 46 heavy (non-hydrogen) atoms. The number of phosphoric acid groups is 1. The molecule has 15 heteroatoms. The molecule has 2 aromatic rings. The minimum absolute atomic E-state index is 0.0530. The van der Waals surface area contributed by atoms with Gasteiger partial charge in [-0.2, -0.15) is 9.97 Å². The summed E-state index contributed by atoms with van der Waals surface area (Å²) >= 11 is 0. The van der Waals surface area contributed by atoms with Crippen molar-refractivity contribution in [2.75, 3.05) is 37.9 Å². The molecule has 0 bridgehead atoms. The van der Waals surface area contributed by atoms with Gasteiger partial charge in [-0.25, -0.2) is 9.55 Å². The van der Waals surface area contributed by atoms with Crippen LogP contribution in [-0.2, 0) is 27.6 Å². The van der Waals surface area contributed by atoms with E-state index in [-0.39, 0.29) is 42.8 Å². The molecule has 2 aromatic heterocycles. The summed E-state index contributed by atoms with van der Waals surface area (Å²) in [5.74, 6) is -0.0134. The van der Waals surface area contributed by atoms with Crippen LogP contribution in [0.15, 0.2) is 30.6 Å². The third-order valence-electron chi connectivity index (χ3n) is 8.11. The number of allylic oxidation sites excluding steroid dienone is 4. The van der Waals surface area contributed by atoms with Crippen LogP contribution < -0.4 is 11.5 Å². The molecular formula is C31H51N6O8P. The number of aromatic nitrogens is 4. The summed E-state index contributed by atoms with van der Waals surface area (Å²) in [5, 5.41) is 21.9. The number of anilines is 2. The van der Waals surface area contributed by atoms with E-state index in [1.807, 2.05) is 0 Å². The zero-order valence-electron chi connectivity index (χ0n) is 27.0. The Bertz CT molecular complexity index is 1340. The van der Waals surface area contributed by atoms with Crippen molar-refractivity contribution in [2.45, 2.75) is 115 Å². The van der Waals surface area contributed by atoms with Crippen molar-refractivity contribution in [1.29, 1.82) is 0 Å². The van der Waals surface area contributed by atoms with Crippen LogP contribution in [0.5, 0.6) is 0 Å². The van der Waals surface area contributed by atoms with Crippen LogP contribution in [0.2, 0.25) is 0 Å². The molecule has 4 rings (SSSR count). The number of hydrogen-bond acceptors (Lipinski definition) is 13. The molecule has 0 amide bonds. The molecule has 0 aromatic carbocycles. The van der Waals surface area contributed by atoms with Gasteiger partial charge < -0.3 is 31.2 Å². The molecule has 0 saturated carbocycles. The van der Waals surface area contributed by atoms with Gasteiger partial charge in [0.05, 0.1) is 26.1 Å². The van der Waals surface area contributed by atoms with E-state index < -0.39 is 38.0 Å². The molecule has 6 N–H and O–H groups in total. The average molecular weight is 667 g/mol. The van der Waals surface area contributed by atoms with Gasteiger partial charge in [-0.3, -0.25) is 18.1 Å². The molecule has 4 heterocycles. The van der Waals surface area contributed by atoms with Crippen LogP contribution in [-0.4, -0.2) is 80.1 Å². The summed E-state index contributed by atoms with van der Waals surface area (Å²) in [6.45, 7) is 4.12. The van der Waals surface area contributed by atoms with Gasteiger partial charge in [0.1, 0.15) is 29.4 Å². The summed E-state index contributed by atoms with van der Waals surface area (Å²) in [7, 11) is -3.91. The highest BCUT2D eigenvalue weighted by atomic mass is 31.2. The Labute approximate surface area is 271 Å². The Morgan fingerprint density at radius 1 is 1.07 bits per heavy atom. The number of hydrogen-bond donors (Lipinski definition) is 4. The SMILES string of the molecule is CCCCC/C=C\C/C=C\CCCCCCCOC[C@@H]1COP(=O)(OC[C@H]2O[C@@H](n3cnc4c(N)nc(N)nc43)[C@@](C)(O)[C@H]2O)O1. The maximum Gasteiger partial charge on any atom is 0.475 e. The van der Waals surface area contributed by atoms with Crippen molar-refractivity contribution in [3.05, 3.63) is 30.6 Å². The Kier molecular flexibility index (Phi) is 14.0. The van der Waals surface area contributed by atoms with Crippen LogP contribution in [0.3, 0.4) is 0 Å². The number of fused-ring (bicyclic) bond motifs is 1. The van der Waals surface area contributed by atoms with Gasteiger partial charge in [0, 0.05) is 6.61 Å². The predicted octanol–water partition coefficient (Wildman–Crippen LogP) is 4.98. The molecule has 0 aliphatic carbocycles. The van der Waals surface area contributed by atoms with Crippen LogP contribution >= 0.6 is 7.82 Å². The maximum absolute atomic E-state index is 13.0. The topological polar surface area (TPSA) is 199 Å². The maximum atomic E-state index is 13.0. The number of aliphatic hydroxyl groups excluding tert-OH is 1. The first-order valence-corrected chi connectivity index (χ1v) is 17.9. The fourth-order valence-electron chi connectivity index (χ4n) is 5.46. The molecule has 2 aliphatic rings. The van der Waals surface area contributed by atoms with E-state index in [1.54, 1.807) is 0 Å². The minimum Gasteiger partial charge on any atom is -0.387 e. The lowest BCUT2D eigenvalue weighted by Crippen LogP contribution is -2.44. The monoisotopic (exact) mass is 666 g/mol. The van der Waals surface area contributed by atoms with Crippen LogP contribution in [0.1, 0.15) is 90.7 Å². The van der Waals surface area contributed by atoms with Gasteiger partial charge in [0.25, 0.3) is 0 Å². The van der Waals surface area contributed by atoms with Gasteiger partial charge in [0.15, 0.2) is 17.7 Å². The number of nitrogens with two attached hydrogens (primary N) is 2. The lowest BCUT2D eigenvalue weighted by molar-refractivity contribution is -0.0949. The lowest BCUT2D eigenvalue weighted by Gasteiger charge is -2.27. The summed E-state index contributed by atoms with van der Waals surface area (Å²) in [5.41, 5.74) is 10.3. The van der Waals surface area contributed by atoms with Crippen molar-refractivity contribution in [3.8, 4) is 0 Å². The molecule has 258 valence electrons. The van der Waals surface area contributed by atoms with Crippen molar-refractivity contribution in [2.24, 2.45) is 0 Å². The fraction of sp³-hybridized carbons (Fsp3) is 0.710. The van der Waals surface area contributed by atoms with Gasteiger partial charge >= 0.3 is 7.82 Å². The van der Waals surface area contributed by atoms with Crippen LogP contribution in [0.25, 0.3) is 11.2 Å². The zero-order valence-corrected chi connectivity index (χ0v) is 27.9. The predicted molar refractivity (Wildman–Crippen MR) is 175 cm³/mol. The average Bonchev–Trinajstić information content (AvgIpc) is 3.67. The van der Waals surface area contributed by atoms with E-state index in [2.05, 4.69) is 46.2 Å². The van der Waals surface area contributed by atoms with E-state index in [0.717, 1.165) is 32.1 Å². The number of unbranched alkanes of at least 4 members (excludes halogenated alkanes) is 8. The molecule has 1 unspecified atom stereocenters. The Hall–Kier alpha value is -2.42. The second kappa shape index (κ2) is 17.7. The van der Waals surface area contributed by atoms with Crippen molar-refractivity contribution in [3.63, 3.8) is 0 Å². The number of rotatable bonds is 20. The number of aliphatic hydroxyl groups is 2. The first kappa shape index (κ1) is 36.4. The highest BCUT2D eigenvalue weighted by Gasteiger charge is 2.54. The molecule has 6 atom stereocenters. The Balaban J connectivity index is 1.08. The normalized spacial score (nSPS) is 28.4. The first-order chi connectivity index (χ1) is 22.1. The zero-order chi connectivity index (χ0) is 33.0. The van der Waals surface area contributed by atoms with Crippen LogP contribution in [0.4, 0.5) is 11.8 Å². The smallest absolute Gasteiger partial charge is 0.387 e. The van der Waals surface area contributed by atoms with Crippen molar-refractivity contribution < 1.29 is 37.8 Å². The summed E-state index contributed by atoms with van der Waals surface area (Å²) in [6, 6.07) is 0. The van der Waals surface area contributed by atoms with Gasteiger partial charge in [0.2, 0.25) is 5.95 Å². The fourth-order valence-corrected chi connectivity index (χ4v) is 6.83. The van der Waals surface area contributed by atoms with Crippen molar-refractivity contribution in [1.82, 2.24) is 19.5 Å². The molecule has 2 aliphatic heterocycles. The quantitative estimate of drug-likeness (QED) is 0.0839. The number of nitrogen functional groups attached to an aromatic ring is 2. The minimum atomic E-state index is -3.91. The molecule has 0 radical (unpaired) electrons. The second-order valence-corrected chi connectivity index (χ2v) is 13.7. The highest BCUT2D eigenvalue weighted by molar-refractivity contribution is 7.48. The van der Waals surface area contributed by atoms with E-state index >= 15 is 0 Å². The highest BCUT2D eigenvalue weighted by Crippen LogP contribution is 2.55. The largest absolute Gasteiger partial charge is 0.475 e. The van der Waals surface area contributed by atoms with E-state index in [4.69, 9.17) is 34.5 Å². The molecule has 0 spiro atoms. The number of phosphoric ester groups is 1. The van der Waals surface area contributed by atoms with E-state index in [9.17, 15) is 14.8 Å². The number of nitrogens with zero attached hydrogens (tertiary/aromatic N) is 4. The molecule has 2 saturated heterocycles. The van der Waals surface area contributed by atoms with Gasteiger partial charge in [-0.15, -0.1) is 0 Å². The molecule has 2 fully saturated rings. The third kappa shape index (κ3) is 10.0. The molecule has 14 nitrogen and oxygen atoms in total. The van der Waals surface area contributed by atoms with E-state index in [1.165, 1.54) is 56.3 Å². The van der Waals surface area contributed by atoms with Crippen LogP contribution in [0, 0.1) is 0 Å². The number of imidazole rings is 1. The second-order valence-electron chi connectivity index (χ2n) is 12.1. The Morgan fingerprint density at radius 2 is 1.78 bits per heavy atom. The first-order valence-electron chi connectivity index (χ1n) is 16.4. The van der Waals surface area contributed by atoms with Crippen molar-refractivity contribution >= 4 is 30.8 Å². The lowest BCUT2D eigenvalue weighted by atomic mass is 9.96. The van der Waals surface area contributed by atoms with Gasteiger partial charge in [-0.1, -0.05) is 63.3 Å².